The lowest BCUT2D eigenvalue weighted by molar-refractivity contribution is -0.147. The molecule has 2 aromatic rings. The Morgan fingerprint density at radius 2 is 1.76 bits per heavy atom. The van der Waals surface area contributed by atoms with Crippen LogP contribution in [0.2, 0.25) is 5.02 Å². The summed E-state index contributed by atoms with van der Waals surface area (Å²) in [5.74, 6) is -0.284. The lowest BCUT2D eigenvalue weighted by Gasteiger charge is -2.10. The largest absolute Gasteiger partial charge is 0.495 e. The molecule has 0 aliphatic rings. The van der Waals surface area contributed by atoms with Crippen LogP contribution in [-0.4, -0.2) is 38.0 Å². The lowest BCUT2D eigenvalue weighted by atomic mass is 10.1. The summed E-state index contributed by atoms with van der Waals surface area (Å²) in [6.45, 7) is 1.93. The number of hydrogen-bond acceptors (Lipinski definition) is 6. The van der Waals surface area contributed by atoms with Gasteiger partial charge in [0.05, 0.1) is 25.8 Å². The minimum Gasteiger partial charge on any atom is -0.495 e. The predicted octanol–water partition coefficient (Wildman–Crippen LogP) is 3.89. The van der Waals surface area contributed by atoms with Crippen LogP contribution in [0.15, 0.2) is 42.5 Å². The van der Waals surface area contributed by atoms with Gasteiger partial charge in [0.1, 0.15) is 11.5 Å². The molecule has 8 heteroatoms. The monoisotopic (exact) mass is 419 g/mol. The van der Waals surface area contributed by atoms with Crippen molar-refractivity contribution in [3.8, 4) is 11.5 Å². The fourth-order valence-corrected chi connectivity index (χ4v) is 2.62. The molecule has 7 nitrogen and oxygen atoms in total. The predicted molar refractivity (Wildman–Crippen MR) is 109 cm³/mol. The maximum atomic E-state index is 12.1. The quantitative estimate of drug-likeness (QED) is 0.464. The van der Waals surface area contributed by atoms with Gasteiger partial charge < -0.3 is 19.5 Å². The second-order valence-electron chi connectivity index (χ2n) is 5.93. The summed E-state index contributed by atoms with van der Waals surface area (Å²) in [7, 11) is 1.46. The molecule has 0 fully saturated rings. The highest BCUT2D eigenvalue weighted by atomic mass is 35.5. The first-order chi connectivity index (χ1) is 13.9. The molecule has 0 aromatic heterocycles. The van der Waals surface area contributed by atoms with E-state index in [0.717, 1.165) is 0 Å². The van der Waals surface area contributed by atoms with E-state index in [-0.39, 0.29) is 18.6 Å². The summed E-state index contributed by atoms with van der Waals surface area (Å²) in [6, 6.07) is 11.4. The molecular weight excluding hydrogens is 398 g/mol. The second-order valence-corrected chi connectivity index (χ2v) is 6.37. The molecule has 0 spiro atoms. The van der Waals surface area contributed by atoms with Crippen molar-refractivity contribution in [2.75, 3.05) is 25.6 Å². The van der Waals surface area contributed by atoms with Crippen molar-refractivity contribution in [2.45, 2.75) is 19.8 Å². The molecule has 0 saturated carbocycles. The number of methoxy groups -OCH3 is 1. The molecule has 0 unspecified atom stereocenters. The highest BCUT2D eigenvalue weighted by Crippen LogP contribution is 2.27. The van der Waals surface area contributed by atoms with Crippen molar-refractivity contribution in [1.29, 1.82) is 0 Å². The smallest absolute Gasteiger partial charge is 0.306 e. The average molecular weight is 420 g/mol. The van der Waals surface area contributed by atoms with E-state index in [0.29, 0.717) is 34.4 Å². The standard InChI is InChI=1S/C21H22ClNO6/c1-3-28-16-7-4-14(5-8-16)18(24)9-11-21(26)29-13-20(25)23-17-12-15(22)6-10-19(17)27-2/h4-8,10,12H,3,9,11,13H2,1-2H3,(H,23,25). The van der Waals surface area contributed by atoms with Gasteiger partial charge in [-0.15, -0.1) is 0 Å². The first kappa shape index (κ1) is 22.2. The van der Waals surface area contributed by atoms with Crippen molar-refractivity contribution < 1.29 is 28.6 Å². The zero-order chi connectivity index (χ0) is 21.2. The number of Topliss-reactive ketones (excluding diaryl/α,β-unsaturated/α-hetero) is 1. The van der Waals surface area contributed by atoms with E-state index in [1.165, 1.54) is 13.2 Å². The molecule has 0 radical (unpaired) electrons. The van der Waals surface area contributed by atoms with E-state index in [2.05, 4.69) is 5.32 Å². The van der Waals surface area contributed by atoms with Gasteiger partial charge in [0, 0.05) is 17.0 Å². The van der Waals surface area contributed by atoms with Crippen LogP contribution in [0.5, 0.6) is 11.5 Å². The summed E-state index contributed by atoms with van der Waals surface area (Å²) in [4.78, 5) is 36.0. The first-order valence-electron chi connectivity index (χ1n) is 8.98. The van der Waals surface area contributed by atoms with E-state index in [1.807, 2.05) is 6.92 Å². The van der Waals surface area contributed by atoms with Gasteiger partial charge in [-0.1, -0.05) is 11.6 Å². The number of nitrogens with one attached hydrogen (secondary N) is 1. The van der Waals surface area contributed by atoms with Gasteiger partial charge in [-0.3, -0.25) is 14.4 Å². The van der Waals surface area contributed by atoms with Crippen LogP contribution in [0.1, 0.15) is 30.1 Å². The third-order valence-electron chi connectivity index (χ3n) is 3.84. The lowest BCUT2D eigenvalue weighted by Crippen LogP contribution is -2.21. The van der Waals surface area contributed by atoms with Crippen LogP contribution in [-0.2, 0) is 14.3 Å². The third-order valence-corrected chi connectivity index (χ3v) is 4.08. The van der Waals surface area contributed by atoms with E-state index < -0.39 is 18.5 Å². The van der Waals surface area contributed by atoms with Crippen molar-refractivity contribution in [3.05, 3.63) is 53.1 Å². The van der Waals surface area contributed by atoms with Crippen molar-refractivity contribution in [3.63, 3.8) is 0 Å². The van der Waals surface area contributed by atoms with Gasteiger partial charge in [-0.2, -0.15) is 0 Å². The summed E-state index contributed by atoms with van der Waals surface area (Å²) in [5, 5.41) is 2.98. The highest BCUT2D eigenvalue weighted by Gasteiger charge is 2.13. The first-order valence-corrected chi connectivity index (χ1v) is 9.35. The topological polar surface area (TPSA) is 90.9 Å². The number of carbonyl (C=O) groups is 3. The minimum atomic E-state index is -0.641. The maximum Gasteiger partial charge on any atom is 0.306 e. The molecule has 0 atom stereocenters. The molecule has 2 aromatic carbocycles. The van der Waals surface area contributed by atoms with Gasteiger partial charge in [-0.05, 0) is 49.4 Å². The van der Waals surface area contributed by atoms with Crippen LogP contribution < -0.4 is 14.8 Å². The number of ketones is 1. The van der Waals surface area contributed by atoms with E-state index >= 15 is 0 Å². The SMILES string of the molecule is CCOc1ccc(C(=O)CCC(=O)OCC(=O)Nc2cc(Cl)ccc2OC)cc1. The van der Waals surface area contributed by atoms with Crippen LogP contribution in [0, 0.1) is 0 Å². The van der Waals surface area contributed by atoms with Gasteiger partial charge in [0.15, 0.2) is 12.4 Å². The fraction of sp³-hybridized carbons (Fsp3) is 0.286. The molecule has 0 saturated heterocycles. The van der Waals surface area contributed by atoms with Gasteiger partial charge in [-0.25, -0.2) is 0 Å². The molecule has 0 aliphatic heterocycles. The molecule has 2 rings (SSSR count). The van der Waals surface area contributed by atoms with Gasteiger partial charge in [0.2, 0.25) is 0 Å². The number of carbonyl (C=O) groups excluding carboxylic acids is 3. The van der Waals surface area contributed by atoms with Gasteiger partial charge in [0.25, 0.3) is 5.91 Å². The molecule has 0 heterocycles. The number of anilines is 1. The Hall–Kier alpha value is -3.06. The number of hydrogen-bond donors (Lipinski definition) is 1. The number of rotatable bonds is 10. The summed E-state index contributed by atoms with van der Waals surface area (Å²) >= 11 is 5.90. The molecule has 0 aliphatic carbocycles. The van der Waals surface area contributed by atoms with Crippen LogP contribution >= 0.6 is 11.6 Å². The summed E-state index contributed by atoms with van der Waals surface area (Å²) in [6.07, 6.45) is -0.142. The van der Waals surface area contributed by atoms with E-state index in [1.54, 1.807) is 36.4 Å². The number of esters is 1. The Bertz CT molecular complexity index is 866. The fourth-order valence-electron chi connectivity index (χ4n) is 2.45. The summed E-state index contributed by atoms with van der Waals surface area (Å²) in [5.41, 5.74) is 0.846. The zero-order valence-electron chi connectivity index (χ0n) is 16.2. The normalized spacial score (nSPS) is 10.2. The Balaban J connectivity index is 1.77. The van der Waals surface area contributed by atoms with Crippen LogP contribution in [0.3, 0.4) is 0 Å². The van der Waals surface area contributed by atoms with Crippen LogP contribution in [0.4, 0.5) is 5.69 Å². The van der Waals surface area contributed by atoms with Crippen molar-refractivity contribution in [1.82, 2.24) is 0 Å². The highest BCUT2D eigenvalue weighted by molar-refractivity contribution is 6.31. The molecule has 1 N–H and O–H groups in total. The van der Waals surface area contributed by atoms with Gasteiger partial charge >= 0.3 is 5.97 Å². The van der Waals surface area contributed by atoms with E-state index in [4.69, 9.17) is 25.8 Å². The maximum absolute atomic E-state index is 12.1. The molecule has 1 amide bonds. The Morgan fingerprint density at radius 3 is 2.41 bits per heavy atom. The van der Waals surface area contributed by atoms with Crippen molar-refractivity contribution in [2.24, 2.45) is 0 Å². The number of ether oxygens (including phenoxy) is 3. The molecular formula is C21H22ClNO6. The Labute approximate surface area is 173 Å². The Kier molecular flexibility index (Phi) is 8.48. The Morgan fingerprint density at radius 1 is 1.03 bits per heavy atom. The second kappa shape index (κ2) is 11.1. The molecule has 154 valence electrons. The number of benzene rings is 2. The van der Waals surface area contributed by atoms with E-state index in [9.17, 15) is 14.4 Å². The third kappa shape index (κ3) is 7.12. The van der Waals surface area contributed by atoms with Crippen LogP contribution in [0.25, 0.3) is 0 Å². The molecule has 0 bridgehead atoms. The van der Waals surface area contributed by atoms with Crippen molar-refractivity contribution >= 4 is 34.9 Å². The number of halogens is 1. The molecule has 29 heavy (non-hydrogen) atoms. The average Bonchev–Trinajstić information content (AvgIpc) is 2.71. The number of amides is 1. The summed E-state index contributed by atoms with van der Waals surface area (Å²) < 4.78 is 15.4. The minimum absolute atomic E-state index is 0.0173. The zero-order valence-corrected chi connectivity index (χ0v) is 17.0.